The van der Waals surface area contributed by atoms with E-state index in [4.69, 9.17) is 21.1 Å². The number of benzene rings is 2. The van der Waals surface area contributed by atoms with E-state index in [0.29, 0.717) is 29.7 Å². The maximum absolute atomic E-state index is 13.0. The summed E-state index contributed by atoms with van der Waals surface area (Å²) >= 11 is 6.50. The summed E-state index contributed by atoms with van der Waals surface area (Å²) in [5.41, 5.74) is 2.03. The zero-order valence-corrected chi connectivity index (χ0v) is 18.4. The Kier molecular flexibility index (Phi) is 7.35. The van der Waals surface area contributed by atoms with Gasteiger partial charge in [0.05, 0.1) is 7.11 Å². The van der Waals surface area contributed by atoms with E-state index in [2.05, 4.69) is 39.9 Å². The van der Waals surface area contributed by atoms with Gasteiger partial charge in [0.2, 0.25) is 0 Å². The van der Waals surface area contributed by atoms with Gasteiger partial charge in [0, 0.05) is 23.2 Å². The molecule has 0 unspecified atom stereocenters. The van der Waals surface area contributed by atoms with Crippen LogP contribution in [-0.2, 0) is 13.2 Å². The van der Waals surface area contributed by atoms with Crippen LogP contribution >= 0.6 is 11.6 Å². The molecule has 0 spiro atoms. The average Bonchev–Trinajstić information content (AvgIpc) is 2.58. The number of methoxy groups -OCH3 is 1. The molecule has 2 rings (SSSR count). The lowest BCUT2D eigenvalue weighted by Gasteiger charge is -2.33. The summed E-state index contributed by atoms with van der Waals surface area (Å²) in [7, 11) is 1.61. The molecule has 1 N–H and O–H groups in total. The van der Waals surface area contributed by atoms with Gasteiger partial charge in [0.15, 0.2) is 11.5 Å². The van der Waals surface area contributed by atoms with Crippen LogP contribution in [0.3, 0.4) is 0 Å². The lowest BCUT2D eigenvalue weighted by atomic mass is 9.82. The van der Waals surface area contributed by atoms with E-state index in [9.17, 15) is 4.39 Å². The maximum Gasteiger partial charge on any atom is 0.163 e. The highest BCUT2D eigenvalue weighted by Crippen LogP contribution is 2.34. The van der Waals surface area contributed by atoms with Crippen molar-refractivity contribution in [2.45, 2.75) is 59.7 Å². The Balaban J connectivity index is 2.08. The van der Waals surface area contributed by atoms with Crippen LogP contribution in [-0.4, -0.2) is 12.6 Å². The molecule has 0 atom stereocenters. The molecule has 5 heteroatoms. The molecule has 0 bridgehead atoms. The third-order valence-corrected chi connectivity index (χ3v) is 4.72. The molecule has 0 aliphatic carbocycles. The van der Waals surface area contributed by atoms with Crippen molar-refractivity contribution in [3.63, 3.8) is 0 Å². The van der Waals surface area contributed by atoms with Crippen molar-refractivity contribution in [1.29, 1.82) is 0 Å². The van der Waals surface area contributed by atoms with Crippen LogP contribution in [0.25, 0.3) is 0 Å². The van der Waals surface area contributed by atoms with E-state index >= 15 is 0 Å². The van der Waals surface area contributed by atoms with Gasteiger partial charge >= 0.3 is 0 Å². The minimum atomic E-state index is -0.268. The second kappa shape index (κ2) is 9.15. The predicted molar refractivity (Wildman–Crippen MR) is 114 cm³/mol. The SMILES string of the molecule is COc1cc(CNC(C)(C)CC(C)(C)C)c(Cl)cc1OCc1ccc(F)cc1. The summed E-state index contributed by atoms with van der Waals surface area (Å²) in [5.74, 6) is 0.919. The Morgan fingerprint density at radius 1 is 1.00 bits per heavy atom. The van der Waals surface area contributed by atoms with Gasteiger partial charge < -0.3 is 14.8 Å². The summed E-state index contributed by atoms with van der Waals surface area (Å²) in [5, 5.41) is 4.21. The van der Waals surface area contributed by atoms with Crippen molar-refractivity contribution in [2.75, 3.05) is 7.11 Å². The first-order valence-corrected chi connectivity index (χ1v) is 9.85. The number of ether oxygens (including phenoxy) is 2. The van der Waals surface area contributed by atoms with Crippen molar-refractivity contribution < 1.29 is 13.9 Å². The summed E-state index contributed by atoms with van der Waals surface area (Å²) in [4.78, 5) is 0. The second-order valence-electron chi connectivity index (χ2n) is 8.98. The van der Waals surface area contributed by atoms with Crippen molar-refractivity contribution in [2.24, 2.45) is 5.41 Å². The lowest BCUT2D eigenvalue weighted by molar-refractivity contribution is 0.240. The van der Waals surface area contributed by atoms with Gasteiger partial charge in [0.1, 0.15) is 12.4 Å². The van der Waals surface area contributed by atoms with Crippen molar-refractivity contribution in [3.05, 3.63) is 58.4 Å². The molecule has 0 amide bonds. The van der Waals surface area contributed by atoms with E-state index in [1.165, 1.54) is 12.1 Å². The van der Waals surface area contributed by atoms with Crippen LogP contribution in [0.2, 0.25) is 5.02 Å². The van der Waals surface area contributed by atoms with E-state index in [0.717, 1.165) is 17.5 Å². The van der Waals surface area contributed by atoms with Crippen LogP contribution in [0.15, 0.2) is 36.4 Å². The first-order valence-electron chi connectivity index (χ1n) is 9.48. The average molecular weight is 408 g/mol. The fourth-order valence-electron chi connectivity index (χ4n) is 3.45. The zero-order chi connectivity index (χ0) is 20.9. The van der Waals surface area contributed by atoms with Gasteiger partial charge in [-0.1, -0.05) is 44.5 Å². The summed E-state index contributed by atoms with van der Waals surface area (Å²) in [6.07, 6.45) is 1.04. The van der Waals surface area contributed by atoms with Crippen LogP contribution < -0.4 is 14.8 Å². The number of rotatable bonds is 8. The fourth-order valence-corrected chi connectivity index (χ4v) is 3.67. The van der Waals surface area contributed by atoms with E-state index in [1.54, 1.807) is 25.3 Å². The van der Waals surface area contributed by atoms with Crippen LogP contribution in [0.5, 0.6) is 11.5 Å². The van der Waals surface area contributed by atoms with E-state index in [1.807, 2.05) is 6.07 Å². The fraction of sp³-hybridized carbons (Fsp3) is 0.478. The monoisotopic (exact) mass is 407 g/mol. The molecular weight excluding hydrogens is 377 g/mol. The third kappa shape index (κ3) is 6.99. The molecule has 0 fully saturated rings. The molecule has 0 saturated heterocycles. The highest BCUT2D eigenvalue weighted by Gasteiger charge is 2.25. The number of halogens is 2. The quantitative estimate of drug-likeness (QED) is 0.551. The van der Waals surface area contributed by atoms with E-state index < -0.39 is 0 Å². The Morgan fingerprint density at radius 2 is 1.64 bits per heavy atom. The number of nitrogens with one attached hydrogen (secondary N) is 1. The second-order valence-corrected chi connectivity index (χ2v) is 9.39. The molecule has 0 saturated carbocycles. The molecule has 2 aromatic carbocycles. The Hall–Kier alpha value is -1.78. The van der Waals surface area contributed by atoms with Gasteiger partial charge in [-0.05, 0) is 55.0 Å². The molecule has 0 heterocycles. The Bertz CT molecular complexity index is 782. The molecular formula is C23H31ClFNO2. The van der Waals surface area contributed by atoms with Crippen LogP contribution in [0.1, 0.15) is 52.2 Å². The molecule has 0 aliphatic heterocycles. The summed E-state index contributed by atoms with van der Waals surface area (Å²) in [6.45, 7) is 12.0. The molecule has 154 valence electrons. The first kappa shape index (κ1) is 22.5. The van der Waals surface area contributed by atoms with Crippen molar-refractivity contribution >= 4 is 11.6 Å². The molecule has 3 nitrogen and oxygen atoms in total. The Labute approximate surface area is 173 Å². The van der Waals surface area contributed by atoms with Crippen molar-refractivity contribution in [1.82, 2.24) is 5.32 Å². The lowest BCUT2D eigenvalue weighted by Crippen LogP contribution is -2.41. The van der Waals surface area contributed by atoms with Gasteiger partial charge in [-0.15, -0.1) is 0 Å². The minimum absolute atomic E-state index is 0.0213. The number of hydrogen-bond acceptors (Lipinski definition) is 3. The van der Waals surface area contributed by atoms with Crippen molar-refractivity contribution in [3.8, 4) is 11.5 Å². The maximum atomic E-state index is 13.0. The summed E-state index contributed by atoms with van der Waals surface area (Å²) in [6, 6.07) is 9.90. The van der Waals surface area contributed by atoms with Crippen LogP contribution in [0.4, 0.5) is 4.39 Å². The van der Waals surface area contributed by atoms with Gasteiger partial charge in [-0.25, -0.2) is 4.39 Å². The highest BCUT2D eigenvalue weighted by molar-refractivity contribution is 6.31. The van der Waals surface area contributed by atoms with Gasteiger partial charge in [0.25, 0.3) is 0 Å². The molecule has 0 aliphatic rings. The van der Waals surface area contributed by atoms with Crippen LogP contribution in [0, 0.1) is 11.2 Å². The normalized spacial score (nSPS) is 12.1. The predicted octanol–water partition coefficient (Wildman–Crippen LogP) is 6.37. The topological polar surface area (TPSA) is 30.5 Å². The largest absolute Gasteiger partial charge is 0.493 e. The molecule has 2 aromatic rings. The standard InChI is InChI=1S/C23H31ClFNO2/c1-22(2,3)15-23(4,5)26-13-17-11-20(27-6)21(12-19(17)24)28-14-16-7-9-18(25)10-8-16/h7-12,26H,13-15H2,1-6H3. The minimum Gasteiger partial charge on any atom is -0.493 e. The zero-order valence-electron chi connectivity index (χ0n) is 17.7. The van der Waals surface area contributed by atoms with Gasteiger partial charge in [-0.2, -0.15) is 0 Å². The number of hydrogen-bond donors (Lipinski definition) is 1. The third-order valence-electron chi connectivity index (χ3n) is 4.37. The smallest absolute Gasteiger partial charge is 0.163 e. The summed E-state index contributed by atoms with van der Waals surface area (Å²) < 4.78 is 24.4. The molecule has 0 aromatic heterocycles. The molecule has 28 heavy (non-hydrogen) atoms. The Morgan fingerprint density at radius 3 is 2.21 bits per heavy atom. The van der Waals surface area contributed by atoms with E-state index in [-0.39, 0.29) is 16.8 Å². The first-order chi connectivity index (χ1) is 13.0. The highest BCUT2D eigenvalue weighted by atomic mass is 35.5. The molecule has 0 radical (unpaired) electrons. The van der Waals surface area contributed by atoms with Gasteiger partial charge in [-0.3, -0.25) is 0 Å².